The number of hydrogen-bond acceptors (Lipinski definition) is 2. The third kappa shape index (κ3) is 1.96. The Morgan fingerprint density at radius 2 is 2.12 bits per heavy atom. The first-order valence-corrected chi connectivity index (χ1v) is 5.39. The summed E-state index contributed by atoms with van der Waals surface area (Å²) in [6, 6.07) is 7.40. The van der Waals surface area contributed by atoms with Gasteiger partial charge in [0, 0.05) is 23.8 Å². The predicted molar refractivity (Wildman–Crippen MR) is 63.5 cm³/mol. The fourth-order valence-electron chi connectivity index (χ4n) is 1.67. The summed E-state index contributed by atoms with van der Waals surface area (Å²) in [7, 11) is 1.79. The third-order valence-corrected chi connectivity index (χ3v) is 2.92. The van der Waals surface area contributed by atoms with Crippen LogP contribution in [0.3, 0.4) is 0 Å². The number of aromatic nitrogens is 2. The fraction of sp³-hybridized carbons (Fsp3) is 0.250. The Kier molecular flexibility index (Phi) is 2.99. The molecule has 3 nitrogen and oxygen atoms in total. The van der Waals surface area contributed by atoms with E-state index in [1.54, 1.807) is 24.0 Å². The summed E-state index contributed by atoms with van der Waals surface area (Å²) >= 11 is 6.10. The maximum absolute atomic E-state index is 10.2. The molecule has 1 aromatic carbocycles. The topological polar surface area (TPSA) is 38.1 Å². The van der Waals surface area contributed by atoms with Gasteiger partial charge in [-0.1, -0.05) is 23.7 Å². The van der Waals surface area contributed by atoms with Gasteiger partial charge in [-0.3, -0.25) is 4.68 Å². The Morgan fingerprint density at radius 1 is 1.38 bits per heavy atom. The number of aliphatic hydroxyl groups is 1. The van der Waals surface area contributed by atoms with E-state index in [-0.39, 0.29) is 0 Å². The van der Waals surface area contributed by atoms with E-state index in [0.29, 0.717) is 10.6 Å². The summed E-state index contributed by atoms with van der Waals surface area (Å²) in [6.07, 6.45) is 0.918. The van der Waals surface area contributed by atoms with E-state index in [2.05, 4.69) is 5.10 Å². The minimum atomic E-state index is -0.736. The van der Waals surface area contributed by atoms with Crippen molar-refractivity contribution in [2.45, 2.75) is 13.0 Å². The molecule has 0 aliphatic rings. The molecule has 0 radical (unpaired) electrons. The standard InChI is InChI=1S/C12H13ClN2O/c1-8-3-4-9(10(13)7-8)12(16)11-5-6-14-15(11)2/h3-7,12,16H,1-2H3. The van der Waals surface area contributed by atoms with E-state index in [1.807, 2.05) is 25.1 Å². The van der Waals surface area contributed by atoms with Crippen molar-refractivity contribution in [3.05, 3.63) is 52.3 Å². The molecule has 1 unspecified atom stereocenters. The molecule has 0 fully saturated rings. The van der Waals surface area contributed by atoms with Gasteiger partial charge < -0.3 is 5.11 Å². The van der Waals surface area contributed by atoms with Gasteiger partial charge in [0.1, 0.15) is 6.10 Å². The number of hydrogen-bond donors (Lipinski definition) is 1. The summed E-state index contributed by atoms with van der Waals surface area (Å²) in [5.74, 6) is 0. The molecule has 84 valence electrons. The first-order chi connectivity index (χ1) is 7.59. The molecule has 4 heteroatoms. The molecule has 0 amide bonds. The highest BCUT2D eigenvalue weighted by molar-refractivity contribution is 6.31. The molecule has 1 aromatic heterocycles. The SMILES string of the molecule is Cc1ccc(C(O)c2ccnn2C)c(Cl)c1. The molecule has 0 aliphatic heterocycles. The van der Waals surface area contributed by atoms with Crippen LogP contribution < -0.4 is 0 Å². The monoisotopic (exact) mass is 236 g/mol. The molecule has 2 rings (SSSR count). The Bertz CT molecular complexity index is 507. The Hall–Kier alpha value is -1.32. The lowest BCUT2D eigenvalue weighted by Gasteiger charge is -2.13. The lowest BCUT2D eigenvalue weighted by Crippen LogP contribution is -2.07. The molecule has 2 aromatic rings. The second kappa shape index (κ2) is 4.28. The van der Waals surface area contributed by atoms with Crippen LogP contribution in [0.25, 0.3) is 0 Å². The maximum Gasteiger partial charge on any atom is 0.122 e. The average Bonchev–Trinajstić information content (AvgIpc) is 2.63. The van der Waals surface area contributed by atoms with E-state index in [1.165, 1.54) is 0 Å². The van der Waals surface area contributed by atoms with Crippen molar-refractivity contribution in [3.63, 3.8) is 0 Å². The summed E-state index contributed by atoms with van der Waals surface area (Å²) in [6.45, 7) is 1.96. The van der Waals surface area contributed by atoms with Gasteiger partial charge in [0.25, 0.3) is 0 Å². The number of halogens is 1. The van der Waals surface area contributed by atoms with Gasteiger partial charge in [0.2, 0.25) is 0 Å². The van der Waals surface area contributed by atoms with Crippen LogP contribution in [-0.4, -0.2) is 14.9 Å². The Morgan fingerprint density at radius 3 is 2.69 bits per heavy atom. The molecule has 16 heavy (non-hydrogen) atoms. The molecule has 1 atom stereocenters. The van der Waals surface area contributed by atoms with Gasteiger partial charge >= 0.3 is 0 Å². The van der Waals surface area contributed by atoms with Gasteiger partial charge in [-0.05, 0) is 24.6 Å². The number of benzene rings is 1. The van der Waals surface area contributed by atoms with Crippen LogP contribution in [0.1, 0.15) is 22.9 Å². The number of aryl methyl sites for hydroxylation is 2. The minimum Gasteiger partial charge on any atom is -0.382 e. The molecular formula is C12H13ClN2O. The highest BCUT2D eigenvalue weighted by atomic mass is 35.5. The largest absolute Gasteiger partial charge is 0.382 e. The third-order valence-electron chi connectivity index (χ3n) is 2.59. The molecule has 1 heterocycles. The zero-order chi connectivity index (χ0) is 11.7. The van der Waals surface area contributed by atoms with Crippen LogP contribution in [0, 0.1) is 6.92 Å². The molecule has 1 N–H and O–H groups in total. The number of nitrogens with zero attached hydrogens (tertiary/aromatic N) is 2. The van der Waals surface area contributed by atoms with E-state index in [4.69, 9.17) is 11.6 Å². The molecule has 0 spiro atoms. The normalized spacial score (nSPS) is 12.8. The molecule has 0 aliphatic carbocycles. The van der Waals surface area contributed by atoms with Crippen molar-refractivity contribution < 1.29 is 5.11 Å². The molecule has 0 bridgehead atoms. The summed E-state index contributed by atoms with van der Waals surface area (Å²) in [5, 5.41) is 14.8. The second-order valence-corrected chi connectivity index (χ2v) is 4.21. The summed E-state index contributed by atoms with van der Waals surface area (Å²) < 4.78 is 1.64. The van der Waals surface area contributed by atoms with Crippen molar-refractivity contribution in [3.8, 4) is 0 Å². The van der Waals surface area contributed by atoms with Crippen LogP contribution >= 0.6 is 11.6 Å². The maximum atomic E-state index is 10.2. The fourth-order valence-corrected chi connectivity index (χ4v) is 2.00. The van der Waals surface area contributed by atoms with Crippen molar-refractivity contribution in [2.75, 3.05) is 0 Å². The number of aliphatic hydroxyl groups excluding tert-OH is 1. The van der Waals surface area contributed by atoms with Crippen LogP contribution in [0.5, 0.6) is 0 Å². The van der Waals surface area contributed by atoms with E-state index < -0.39 is 6.10 Å². The average molecular weight is 237 g/mol. The van der Waals surface area contributed by atoms with Gasteiger partial charge in [0.15, 0.2) is 0 Å². The lowest BCUT2D eigenvalue weighted by molar-refractivity contribution is 0.210. The van der Waals surface area contributed by atoms with Gasteiger partial charge in [-0.25, -0.2) is 0 Å². The highest BCUT2D eigenvalue weighted by Gasteiger charge is 2.16. The first-order valence-electron chi connectivity index (χ1n) is 5.01. The van der Waals surface area contributed by atoms with Crippen molar-refractivity contribution in [1.29, 1.82) is 0 Å². The first kappa shape index (κ1) is 11.2. The van der Waals surface area contributed by atoms with Crippen LogP contribution in [0.4, 0.5) is 0 Å². The van der Waals surface area contributed by atoms with Gasteiger partial charge in [-0.15, -0.1) is 0 Å². The molecule has 0 saturated carbocycles. The number of rotatable bonds is 2. The van der Waals surface area contributed by atoms with Gasteiger partial charge in [0.05, 0.1) is 5.69 Å². The zero-order valence-corrected chi connectivity index (χ0v) is 9.94. The molecule has 0 saturated heterocycles. The van der Waals surface area contributed by atoms with Crippen molar-refractivity contribution in [1.82, 2.24) is 9.78 Å². The van der Waals surface area contributed by atoms with Crippen LogP contribution in [0.2, 0.25) is 5.02 Å². The van der Waals surface area contributed by atoms with Crippen molar-refractivity contribution >= 4 is 11.6 Å². The highest BCUT2D eigenvalue weighted by Crippen LogP contribution is 2.28. The Balaban J connectivity index is 2.41. The van der Waals surface area contributed by atoms with Crippen molar-refractivity contribution in [2.24, 2.45) is 7.05 Å². The van der Waals surface area contributed by atoms with E-state index >= 15 is 0 Å². The minimum absolute atomic E-state index is 0.578. The predicted octanol–water partition coefficient (Wildman–Crippen LogP) is 2.46. The van der Waals surface area contributed by atoms with E-state index in [9.17, 15) is 5.11 Å². The summed E-state index contributed by atoms with van der Waals surface area (Å²) in [4.78, 5) is 0. The second-order valence-electron chi connectivity index (χ2n) is 3.81. The van der Waals surface area contributed by atoms with Gasteiger partial charge in [-0.2, -0.15) is 5.10 Å². The smallest absolute Gasteiger partial charge is 0.122 e. The quantitative estimate of drug-likeness (QED) is 0.870. The Labute approximate surface area is 99.3 Å². The van der Waals surface area contributed by atoms with Crippen LogP contribution in [-0.2, 0) is 7.05 Å². The van der Waals surface area contributed by atoms with Crippen LogP contribution in [0.15, 0.2) is 30.5 Å². The molecular weight excluding hydrogens is 224 g/mol. The summed E-state index contributed by atoms with van der Waals surface area (Å²) in [5.41, 5.74) is 2.51. The van der Waals surface area contributed by atoms with E-state index in [0.717, 1.165) is 11.3 Å². The lowest BCUT2D eigenvalue weighted by atomic mass is 10.0. The zero-order valence-electron chi connectivity index (χ0n) is 9.18.